The molecule has 0 bridgehead atoms. The summed E-state index contributed by atoms with van der Waals surface area (Å²) in [6, 6.07) is 13.2. The van der Waals surface area contributed by atoms with Crippen molar-refractivity contribution in [3.8, 4) is 11.1 Å². The maximum absolute atomic E-state index is 13.7. The number of hydrogen-bond donors (Lipinski definition) is 2. The molecule has 2 N–H and O–H groups in total. The number of nitrogens with zero attached hydrogens (tertiary/aromatic N) is 1. The molecule has 0 aliphatic carbocycles. The fraction of sp³-hybridized carbons (Fsp3) is 0.120. The molecule has 0 fully saturated rings. The second kappa shape index (κ2) is 7.95. The first kappa shape index (κ1) is 22.6. The first-order chi connectivity index (χ1) is 16.6. The van der Waals surface area contributed by atoms with E-state index in [1.54, 1.807) is 25.1 Å². The van der Waals surface area contributed by atoms with Crippen LogP contribution in [0.4, 0.5) is 10.1 Å². The number of pyridine rings is 1. The SMILES string of the molecule is CCN(c1cc2oc3c4ccc(F)cc4[nH]c(=O)c3c2cc1-c1cccc(C(=O)O)c1)S(C)(=O)=O. The zero-order chi connectivity index (χ0) is 25.1. The summed E-state index contributed by atoms with van der Waals surface area (Å²) in [4.78, 5) is 27.2. The molecule has 0 radical (unpaired) electrons. The Hall–Kier alpha value is -4.18. The summed E-state index contributed by atoms with van der Waals surface area (Å²) in [5.74, 6) is -1.65. The van der Waals surface area contributed by atoms with Gasteiger partial charge in [-0.2, -0.15) is 0 Å². The Labute approximate surface area is 198 Å². The smallest absolute Gasteiger partial charge is 0.335 e. The number of hydrogen-bond acceptors (Lipinski definition) is 5. The number of fused-ring (bicyclic) bond motifs is 5. The number of furan rings is 1. The molecule has 0 saturated heterocycles. The van der Waals surface area contributed by atoms with Crippen LogP contribution < -0.4 is 9.86 Å². The molecule has 0 spiro atoms. The molecule has 0 saturated carbocycles. The third-order valence-electron chi connectivity index (χ3n) is 5.88. The maximum Gasteiger partial charge on any atom is 0.335 e. The molecule has 2 aromatic heterocycles. The Morgan fingerprint density at radius 2 is 1.89 bits per heavy atom. The van der Waals surface area contributed by atoms with Crippen LogP contribution in [0.2, 0.25) is 0 Å². The Kier molecular flexibility index (Phi) is 5.13. The van der Waals surface area contributed by atoms with E-state index in [4.69, 9.17) is 4.42 Å². The summed E-state index contributed by atoms with van der Waals surface area (Å²) < 4.78 is 46.2. The number of H-pyrrole nitrogens is 1. The predicted octanol–water partition coefficient (Wildman–Crippen LogP) is 4.72. The number of sulfonamides is 1. The highest BCUT2D eigenvalue weighted by Gasteiger charge is 2.24. The molecule has 2 heterocycles. The molecule has 0 atom stereocenters. The lowest BCUT2D eigenvalue weighted by molar-refractivity contribution is 0.0697. The number of anilines is 1. The van der Waals surface area contributed by atoms with E-state index >= 15 is 0 Å². The molecule has 5 aromatic rings. The summed E-state index contributed by atoms with van der Waals surface area (Å²) in [5, 5.41) is 10.6. The van der Waals surface area contributed by atoms with E-state index in [-0.39, 0.29) is 39.9 Å². The minimum Gasteiger partial charge on any atom is -0.478 e. The van der Waals surface area contributed by atoms with Gasteiger partial charge in [-0.3, -0.25) is 9.10 Å². The average molecular weight is 495 g/mol. The van der Waals surface area contributed by atoms with Gasteiger partial charge in [0.15, 0.2) is 0 Å². The standard InChI is InChI=1S/C25H19FN2O6S/c1-3-28(35(2,32)33)20-12-21-18(11-17(20)13-5-4-6-14(9-13)25(30)31)22-23(34-21)16-8-7-15(26)10-19(16)27-24(22)29/h4-12H,3H2,1-2H3,(H,27,29)(H,30,31). The molecule has 0 aliphatic heterocycles. The van der Waals surface area contributed by atoms with Crippen LogP contribution in [-0.4, -0.2) is 37.3 Å². The summed E-state index contributed by atoms with van der Waals surface area (Å²) in [5.41, 5.74) is 1.44. The first-order valence-electron chi connectivity index (χ1n) is 10.6. The van der Waals surface area contributed by atoms with Gasteiger partial charge in [0.2, 0.25) is 10.0 Å². The van der Waals surface area contributed by atoms with Crippen molar-refractivity contribution in [1.29, 1.82) is 0 Å². The summed E-state index contributed by atoms with van der Waals surface area (Å²) >= 11 is 0. The molecule has 0 unspecified atom stereocenters. The highest BCUT2D eigenvalue weighted by atomic mass is 32.2. The van der Waals surface area contributed by atoms with Crippen LogP contribution in [0.3, 0.4) is 0 Å². The van der Waals surface area contributed by atoms with Crippen molar-refractivity contribution in [3.63, 3.8) is 0 Å². The van der Waals surface area contributed by atoms with E-state index in [0.717, 1.165) is 6.26 Å². The van der Waals surface area contributed by atoms with Gasteiger partial charge in [-0.25, -0.2) is 17.6 Å². The zero-order valence-corrected chi connectivity index (χ0v) is 19.4. The van der Waals surface area contributed by atoms with E-state index in [2.05, 4.69) is 4.98 Å². The quantitative estimate of drug-likeness (QED) is 0.365. The number of aromatic amines is 1. The number of rotatable bonds is 5. The molecular formula is C25H19FN2O6S. The normalized spacial score (nSPS) is 12.0. The van der Waals surface area contributed by atoms with Gasteiger partial charge >= 0.3 is 5.97 Å². The van der Waals surface area contributed by atoms with Crippen molar-refractivity contribution in [2.24, 2.45) is 0 Å². The number of nitrogens with one attached hydrogen (secondary N) is 1. The molecule has 178 valence electrons. The van der Waals surface area contributed by atoms with E-state index < -0.39 is 27.4 Å². The van der Waals surface area contributed by atoms with E-state index in [1.165, 1.54) is 40.7 Å². The van der Waals surface area contributed by atoms with Crippen LogP contribution in [0, 0.1) is 5.82 Å². The lowest BCUT2D eigenvalue weighted by atomic mass is 9.98. The maximum atomic E-state index is 13.7. The fourth-order valence-electron chi connectivity index (χ4n) is 4.39. The third kappa shape index (κ3) is 3.71. The van der Waals surface area contributed by atoms with Crippen LogP contribution in [-0.2, 0) is 10.0 Å². The molecule has 10 heteroatoms. The molecule has 5 rings (SSSR count). The number of aromatic nitrogens is 1. The average Bonchev–Trinajstić information content (AvgIpc) is 3.17. The van der Waals surface area contributed by atoms with Gasteiger partial charge in [0.1, 0.15) is 17.0 Å². The third-order valence-corrected chi connectivity index (χ3v) is 7.14. The van der Waals surface area contributed by atoms with Crippen LogP contribution in [0.25, 0.3) is 44.0 Å². The number of carbonyl (C=O) groups is 1. The number of benzene rings is 3. The summed E-state index contributed by atoms with van der Waals surface area (Å²) in [6.45, 7) is 1.78. The highest BCUT2D eigenvalue weighted by Crippen LogP contribution is 2.40. The van der Waals surface area contributed by atoms with Gasteiger partial charge in [0, 0.05) is 28.9 Å². The Morgan fingerprint density at radius 1 is 1.11 bits per heavy atom. The zero-order valence-electron chi connectivity index (χ0n) is 18.6. The van der Waals surface area contributed by atoms with Crippen LogP contribution in [0.1, 0.15) is 17.3 Å². The van der Waals surface area contributed by atoms with Gasteiger partial charge in [0.05, 0.1) is 28.4 Å². The van der Waals surface area contributed by atoms with Crippen molar-refractivity contribution in [3.05, 3.63) is 76.3 Å². The molecule has 0 aliphatic rings. The number of aromatic carboxylic acids is 1. The fourth-order valence-corrected chi connectivity index (χ4v) is 5.37. The summed E-state index contributed by atoms with van der Waals surface area (Å²) in [6.07, 6.45) is 1.07. The van der Waals surface area contributed by atoms with Crippen molar-refractivity contribution in [2.75, 3.05) is 17.1 Å². The van der Waals surface area contributed by atoms with Crippen molar-refractivity contribution in [2.45, 2.75) is 6.92 Å². The minimum absolute atomic E-state index is 0.0267. The Balaban J connectivity index is 1.93. The van der Waals surface area contributed by atoms with Crippen LogP contribution >= 0.6 is 0 Å². The number of carboxylic acids is 1. The largest absolute Gasteiger partial charge is 0.478 e. The van der Waals surface area contributed by atoms with Crippen molar-refractivity contribution < 1.29 is 27.1 Å². The predicted molar refractivity (Wildman–Crippen MR) is 132 cm³/mol. The van der Waals surface area contributed by atoms with E-state index in [0.29, 0.717) is 21.9 Å². The highest BCUT2D eigenvalue weighted by molar-refractivity contribution is 7.92. The topological polar surface area (TPSA) is 121 Å². The minimum atomic E-state index is -3.71. The van der Waals surface area contributed by atoms with Crippen molar-refractivity contribution >= 4 is 54.5 Å². The molecule has 8 nitrogen and oxygen atoms in total. The van der Waals surface area contributed by atoms with Gasteiger partial charge in [-0.1, -0.05) is 12.1 Å². The van der Waals surface area contributed by atoms with Gasteiger partial charge in [0.25, 0.3) is 5.56 Å². The number of halogens is 1. The Morgan fingerprint density at radius 3 is 2.57 bits per heavy atom. The molecule has 3 aromatic carbocycles. The monoisotopic (exact) mass is 494 g/mol. The second-order valence-corrected chi connectivity index (χ2v) is 10.0. The molecule has 35 heavy (non-hydrogen) atoms. The van der Waals surface area contributed by atoms with Gasteiger partial charge in [-0.05, 0) is 48.9 Å². The van der Waals surface area contributed by atoms with Gasteiger partial charge in [-0.15, -0.1) is 0 Å². The molecule has 0 amide bonds. The van der Waals surface area contributed by atoms with Crippen molar-refractivity contribution in [1.82, 2.24) is 4.98 Å². The van der Waals surface area contributed by atoms with E-state index in [1.807, 2.05) is 0 Å². The van der Waals surface area contributed by atoms with E-state index in [9.17, 15) is 27.5 Å². The second-order valence-electron chi connectivity index (χ2n) is 8.13. The van der Waals surface area contributed by atoms with Gasteiger partial charge < -0.3 is 14.5 Å². The van der Waals surface area contributed by atoms with Crippen LogP contribution in [0.5, 0.6) is 0 Å². The molecular weight excluding hydrogens is 475 g/mol. The lowest BCUT2D eigenvalue weighted by Gasteiger charge is -2.23. The summed E-state index contributed by atoms with van der Waals surface area (Å²) in [7, 11) is -3.71. The first-order valence-corrected chi connectivity index (χ1v) is 12.5. The number of carboxylic acid groups (broad SMARTS) is 1. The lowest BCUT2D eigenvalue weighted by Crippen LogP contribution is -2.29. The van der Waals surface area contributed by atoms with Crippen LogP contribution in [0.15, 0.2) is 63.8 Å². The Bertz CT molecular complexity index is 1840.